The molecule has 1 aromatic heterocycles. The molecule has 20 heavy (non-hydrogen) atoms. The summed E-state index contributed by atoms with van der Waals surface area (Å²) in [6.07, 6.45) is 2.74. The molecule has 3 heterocycles. The predicted octanol–water partition coefficient (Wildman–Crippen LogP) is 3.61. The summed E-state index contributed by atoms with van der Waals surface area (Å²) < 4.78 is 0. The first-order valence-electron chi connectivity index (χ1n) is 7.52. The van der Waals surface area contributed by atoms with Crippen LogP contribution >= 0.6 is 11.3 Å². The second kappa shape index (κ2) is 5.32. The van der Waals surface area contributed by atoms with Gasteiger partial charge >= 0.3 is 0 Å². The van der Waals surface area contributed by atoms with Gasteiger partial charge in [-0.25, -0.2) is 0 Å². The van der Waals surface area contributed by atoms with Gasteiger partial charge in [-0.15, -0.1) is 11.3 Å². The molecule has 0 amide bonds. The number of rotatable bonds is 3. The summed E-state index contributed by atoms with van der Waals surface area (Å²) in [6, 6.07) is 11.5. The lowest BCUT2D eigenvalue weighted by molar-refractivity contribution is 0.334. The van der Waals surface area contributed by atoms with Crippen molar-refractivity contribution in [1.29, 1.82) is 0 Å². The van der Waals surface area contributed by atoms with Crippen molar-refractivity contribution in [2.75, 3.05) is 13.1 Å². The van der Waals surface area contributed by atoms with Crippen LogP contribution in [0.1, 0.15) is 28.8 Å². The second-order valence-electron chi connectivity index (χ2n) is 5.84. The van der Waals surface area contributed by atoms with Crippen molar-refractivity contribution in [2.24, 2.45) is 0 Å². The van der Waals surface area contributed by atoms with Gasteiger partial charge in [-0.3, -0.25) is 4.90 Å². The molecule has 0 radical (unpaired) electrons. The zero-order valence-corrected chi connectivity index (χ0v) is 12.5. The van der Waals surface area contributed by atoms with Crippen LogP contribution in [0, 0.1) is 0 Å². The average molecular weight is 284 g/mol. The maximum atomic E-state index is 3.42. The van der Waals surface area contributed by atoms with Crippen molar-refractivity contribution in [1.82, 2.24) is 10.2 Å². The minimum atomic E-state index is 1.02. The molecular weight excluding hydrogens is 264 g/mol. The van der Waals surface area contributed by atoms with Crippen LogP contribution in [0.3, 0.4) is 0 Å². The third-order valence-corrected chi connectivity index (χ3v) is 5.48. The molecule has 3 heteroatoms. The number of thiophene rings is 1. The minimum Gasteiger partial charge on any atom is -0.309 e. The van der Waals surface area contributed by atoms with Crippen molar-refractivity contribution < 1.29 is 0 Å². The van der Waals surface area contributed by atoms with Crippen LogP contribution in [0.2, 0.25) is 0 Å². The SMILES string of the molecule is c1cc2c(cc1-c1ccc(CN3CCCC3)s1)CNC2. The van der Waals surface area contributed by atoms with E-state index in [1.807, 2.05) is 11.3 Å². The van der Waals surface area contributed by atoms with Crippen molar-refractivity contribution in [3.8, 4) is 10.4 Å². The first-order chi connectivity index (χ1) is 9.88. The van der Waals surface area contributed by atoms with Crippen molar-refractivity contribution in [3.05, 3.63) is 46.3 Å². The molecule has 1 fully saturated rings. The number of hydrogen-bond donors (Lipinski definition) is 1. The fourth-order valence-electron chi connectivity index (χ4n) is 3.23. The number of likely N-dealkylation sites (tertiary alicyclic amines) is 1. The Morgan fingerprint density at radius 3 is 2.75 bits per heavy atom. The standard InChI is InChI=1S/C17H20N2S/c1-2-8-19(7-1)12-16-5-6-17(20-16)13-3-4-14-10-18-11-15(14)9-13/h3-6,9,18H,1-2,7-8,10-12H2. The van der Waals surface area contributed by atoms with Gasteiger partial charge in [0.1, 0.15) is 0 Å². The third-order valence-electron chi connectivity index (χ3n) is 4.36. The van der Waals surface area contributed by atoms with E-state index in [2.05, 4.69) is 40.5 Å². The van der Waals surface area contributed by atoms with Crippen LogP contribution in [-0.2, 0) is 19.6 Å². The van der Waals surface area contributed by atoms with E-state index < -0.39 is 0 Å². The first kappa shape index (κ1) is 12.6. The number of nitrogens with zero attached hydrogens (tertiary/aromatic N) is 1. The molecule has 0 spiro atoms. The van der Waals surface area contributed by atoms with Gasteiger partial charge in [-0.2, -0.15) is 0 Å². The molecule has 2 nitrogen and oxygen atoms in total. The highest BCUT2D eigenvalue weighted by Crippen LogP contribution is 2.31. The molecular formula is C17H20N2S. The highest BCUT2D eigenvalue weighted by molar-refractivity contribution is 7.15. The van der Waals surface area contributed by atoms with Gasteiger partial charge in [-0.1, -0.05) is 12.1 Å². The lowest BCUT2D eigenvalue weighted by atomic mass is 10.1. The minimum absolute atomic E-state index is 1.02. The van der Waals surface area contributed by atoms with Gasteiger partial charge < -0.3 is 5.32 Å². The summed E-state index contributed by atoms with van der Waals surface area (Å²) in [5.41, 5.74) is 4.31. The molecule has 1 aromatic carbocycles. The third kappa shape index (κ3) is 2.41. The zero-order chi connectivity index (χ0) is 13.4. The summed E-state index contributed by atoms with van der Waals surface area (Å²) in [5.74, 6) is 0. The lowest BCUT2D eigenvalue weighted by Gasteiger charge is -2.12. The van der Waals surface area contributed by atoms with Gasteiger partial charge in [0.2, 0.25) is 0 Å². The Hall–Kier alpha value is -1.16. The molecule has 2 aliphatic heterocycles. The zero-order valence-electron chi connectivity index (χ0n) is 11.7. The Labute approximate surface area is 124 Å². The quantitative estimate of drug-likeness (QED) is 0.926. The normalized spacial score (nSPS) is 18.6. The van der Waals surface area contributed by atoms with E-state index >= 15 is 0 Å². The Kier molecular flexibility index (Phi) is 3.34. The average Bonchev–Trinajstić information content (AvgIpc) is 3.19. The van der Waals surface area contributed by atoms with Crippen LogP contribution in [0.5, 0.6) is 0 Å². The number of nitrogens with one attached hydrogen (secondary N) is 1. The Morgan fingerprint density at radius 2 is 1.85 bits per heavy atom. The summed E-state index contributed by atoms with van der Waals surface area (Å²) in [7, 11) is 0. The molecule has 1 N–H and O–H groups in total. The van der Waals surface area contributed by atoms with Crippen LogP contribution in [0.15, 0.2) is 30.3 Å². The molecule has 0 unspecified atom stereocenters. The van der Waals surface area contributed by atoms with E-state index in [-0.39, 0.29) is 0 Å². The van der Waals surface area contributed by atoms with Crippen LogP contribution in [0.4, 0.5) is 0 Å². The summed E-state index contributed by atoms with van der Waals surface area (Å²) in [6.45, 7) is 5.74. The van der Waals surface area contributed by atoms with E-state index in [4.69, 9.17) is 0 Å². The Bertz CT molecular complexity index is 611. The number of fused-ring (bicyclic) bond motifs is 1. The molecule has 2 aromatic rings. The van der Waals surface area contributed by atoms with Gasteiger partial charge in [0.25, 0.3) is 0 Å². The van der Waals surface area contributed by atoms with E-state index in [0.717, 1.165) is 19.6 Å². The topological polar surface area (TPSA) is 15.3 Å². The second-order valence-corrected chi connectivity index (χ2v) is 7.00. The predicted molar refractivity (Wildman–Crippen MR) is 84.8 cm³/mol. The van der Waals surface area contributed by atoms with E-state index in [1.54, 1.807) is 0 Å². The molecule has 0 aliphatic carbocycles. The van der Waals surface area contributed by atoms with Crippen molar-refractivity contribution in [2.45, 2.75) is 32.5 Å². The smallest absolute Gasteiger partial charge is 0.0346 e. The Balaban J connectivity index is 1.55. The summed E-state index contributed by atoms with van der Waals surface area (Å²) in [5, 5.41) is 3.42. The summed E-state index contributed by atoms with van der Waals surface area (Å²) >= 11 is 1.96. The fraction of sp³-hybridized carbons (Fsp3) is 0.412. The number of hydrogen-bond acceptors (Lipinski definition) is 3. The first-order valence-corrected chi connectivity index (χ1v) is 8.34. The maximum Gasteiger partial charge on any atom is 0.0346 e. The van der Waals surface area contributed by atoms with Crippen LogP contribution in [-0.4, -0.2) is 18.0 Å². The largest absolute Gasteiger partial charge is 0.309 e. The molecule has 4 rings (SSSR count). The maximum absolute atomic E-state index is 3.42. The summed E-state index contributed by atoms with van der Waals surface area (Å²) in [4.78, 5) is 5.48. The van der Waals surface area contributed by atoms with E-state index in [1.165, 1.54) is 52.4 Å². The lowest BCUT2D eigenvalue weighted by Crippen LogP contribution is -2.17. The fourth-order valence-corrected chi connectivity index (χ4v) is 4.27. The van der Waals surface area contributed by atoms with Crippen molar-refractivity contribution in [3.63, 3.8) is 0 Å². The molecule has 0 saturated carbocycles. The highest BCUT2D eigenvalue weighted by Gasteiger charge is 2.14. The van der Waals surface area contributed by atoms with Gasteiger partial charge in [-0.05, 0) is 60.8 Å². The molecule has 2 aliphatic rings. The molecule has 104 valence electrons. The van der Waals surface area contributed by atoms with Crippen molar-refractivity contribution >= 4 is 11.3 Å². The van der Waals surface area contributed by atoms with E-state index in [9.17, 15) is 0 Å². The Morgan fingerprint density at radius 1 is 1.00 bits per heavy atom. The number of benzene rings is 1. The monoisotopic (exact) mass is 284 g/mol. The van der Waals surface area contributed by atoms with Crippen LogP contribution in [0.25, 0.3) is 10.4 Å². The molecule has 0 bridgehead atoms. The van der Waals surface area contributed by atoms with Gasteiger partial charge in [0, 0.05) is 29.4 Å². The highest BCUT2D eigenvalue weighted by atomic mass is 32.1. The van der Waals surface area contributed by atoms with E-state index in [0.29, 0.717) is 0 Å². The van der Waals surface area contributed by atoms with Gasteiger partial charge in [0.05, 0.1) is 0 Å². The molecule has 0 atom stereocenters. The molecule has 1 saturated heterocycles. The van der Waals surface area contributed by atoms with Gasteiger partial charge in [0.15, 0.2) is 0 Å². The van der Waals surface area contributed by atoms with Crippen LogP contribution < -0.4 is 5.32 Å².